The highest BCUT2D eigenvalue weighted by molar-refractivity contribution is 7.11. The van der Waals surface area contributed by atoms with Crippen molar-refractivity contribution in [1.82, 2.24) is 10.3 Å². The number of aliphatic hydroxyl groups excluding tert-OH is 1. The number of hydrogen-bond acceptors (Lipinski definition) is 4. The zero-order valence-corrected chi connectivity index (χ0v) is 9.02. The van der Waals surface area contributed by atoms with Crippen LogP contribution < -0.4 is 5.32 Å². The van der Waals surface area contributed by atoms with Gasteiger partial charge in [0.25, 0.3) is 0 Å². The van der Waals surface area contributed by atoms with E-state index in [0.29, 0.717) is 0 Å². The lowest BCUT2D eigenvalue weighted by Gasteiger charge is -2.03. The van der Waals surface area contributed by atoms with E-state index in [-0.39, 0.29) is 6.61 Å². The van der Waals surface area contributed by atoms with Crippen LogP contribution in [0.15, 0.2) is 6.20 Å². The first-order chi connectivity index (χ1) is 6.88. The number of thiazole rings is 1. The van der Waals surface area contributed by atoms with E-state index in [1.54, 1.807) is 11.3 Å². The molecule has 0 bridgehead atoms. The van der Waals surface area contributed by atoms with E-state index in [1.165, 1.54) is 16.3 Å². The summed E-state index contributed by atoms with van der Waals surface area (Å²) in [4.78, 5) is 5.58. The maximum Gasteiger partial charge on any atom is 0.0930 e. The van der Waals surface area contributed by atoms with E-state index in [1.807, 2.05) is 6.20 Å². The van der Waals surface area contributed by atoms with Gasteiger partial charge in [0.2, 0.25) is 0 Å². The van der Waals surface area contributed by atoms with Crippen molar-refractivity contribution in [2.24, 2.45) is 5.92 Å². The Morgan fingerprint density at radius 1 is 1.64 bits per heavy atom. The summed E-state index contributed by atoms with van der Waals surface area (Å²) in [7, 11) is 0. The predicted molar refractivity (Wildman–Crippen MR) is 57.6 cm³/mol. The molecule has 2 N–H and O–H groups in total. The molecule has 1 atom stereocenters. The molecule has 1 fully saturated rings. The lowest BCUT2D eigenvalue weighted by Crippen LogP contribution is -2.10. The molecule has 0 radical (unpaired) electrons. The van der Waals surface area contributed by atoms with Gasteiger partial charge in [0.05, 0.1) is 5.01 Å². The van der Waals surface area contributed by atoms with Crippen molar-refractivity contribution < 1.29 is 5.11 Å². The van der Waals surface area contributed by atoms with Gasteiger partial charge in [-0.1, -0.05) is 0 Å². The van der Waals surface area contributed by atoms with Gasteiger partial charge < -0.3 is 10.4 Å². The van der Waals surface area contributed by atoms with E-state index in [9.17, 15) is 0 Å². The molecule has 3 nitrogen and oxygen atoms in total. The highest BCUT2D eigenvalue weighted by Gasteiger charge is 2.16. The minimum Gasteiger partial charge on any atom is -0.396 e. The van der Waals surface area contributed by atoms with E-state index in [4.69, 9.17) is 5.11 Å². The third-order valence-electron chi connectivity index (χ3n) is 2.59. The molecule has 78 valence electrons. The lowest BCUT2D eigenvalue weighted by molar-refractivity contribution is 0.300. The summed E-state index contributed by atoms with van der Waals surface area (Å²) >= 11 is 1.75. The summed E-state index contributed by atoms with van der Waals surface area (Å²) in [6.07, 6.45) is 5.02. The molecule has 1 aliphatic rings. The molecule has 0 amide bonds. The third kappa shape index (κ3) is 2.53. The van der Waals surface area contributed by atoms with Crippen LogP contribution in [0.2, 0.25) is 0 Å². The molecule has 1 unspecified atom stereocenters. The van der Waals surface area contributed by atoms with Gasteiger partial charge in [-0.25, -0.2) is 4.98 Å². The smallest absolute Gasteiger partial charge is 0.0930 e. The minimum absolute atomic E-state index is 0.229. The van der Waals surface area contributed by atoms with Crippen LogP contribution in [-0.2, 0) is 12.8 Å². The SMILES string of the molecule is OCCc1cnc(CC2CCNC2)s1. The van der Waals surface area contributed by atoms with Gasteiger partial charge in [0, 0.05) is 30.5 Å². The van der Waals surface area contributed by atoms with Gasteiger partial charge in [0.15, 0.2) is 0 Å². The van der Waals surface area contributed by atoms with Gasteiger partial charge >= 0.3 is 0 Å². The first-order valence-corrected chi connectivity index (χ1v) is 5.95. The Kier molecular flexibility index (Phi) is 3.50. The fraction of sp³-hybridized carbons (Fsp3) is 0.700. The lowest BCUT2D eigenvalue weighted by atomic mass is 10.1. The number of aromatic nitrogens is 1. The van der Waals surface area contributed by atoms with E-state index in [2.05, 4.69) is 10.3 Å². The summed E-state index contributed by atoms with van der Waals surface area (Å²) in [6.45, 7) is 2.51. The number of aliphatic hydroxyl groups is 1. The van der Waals surface area contributed by atoms with Crippen LogP contribution in [0.4, 0.5) is 0 Å². The summed E-state index contributed by atoms with van der Waals surface area (Å²) in [5, 5.41) is 13.4. The van der Waals surface area contributed by atoms with E-state index < -0.39 is 0 Å². The summed E-state index contributed by atoms with van der Waals surface area (Å²) in [5.41, 5.74) is 0. The molecule has 2 heterocycles. The maximum absolute atomic E-state index is 8.78. The monoisotopic (exact) mass is 212 g/mol. The molecule has 14 heavy (non-hydrogen) atoms. The highest BCUT2D eigenvalue weighted by atomic mass is 32.1. The zero-order chi connectivity index (χ0) is 9.80. The van der Waals surface area contributed by atoms with Crippen LogP contribution in [0, 0.1) is 5.92 Å². The Bertz CT molecular complexity index is 281. The Hall–Kier alpha value is -0.450. The van der Waals surface area contributed by atoms with E-state index >= 15 is 0 Å². The van der Waals surface area contributed by atoms with Crippen LogP contribution in [0.5, 0.6) is 0 Å². The first-order valence-electron chi connectivity index (χ1n) is 5.13. The Morgan fingerprint density at radius 2 is 2.57 bits per heavy atom. The van der Waals surface area contributed by atoms with Crippen LogP contribution in [0.3, 0.4) is 0 Å². The van der Waals surface area contributed by atoms with Gasteiger partial charge in [-0.05, 0) is 25.4 Å². The molecular formula is C10H16N2OS. The van der Waals surface area contributed by atoms with Gasteiger partial charge in [0.1, 0.15) is 0 Å². The van der Waals surface area contributed by atoms with Gasteiger partial charge in [-0.15, -0.1) is 11.3 Å². The molecule has 0 spiro atoms. The van der Waals surface area contributed by atoms with Crippen molar-refractivity contribution >= 4 is 11.3 Å². The second kappa shape index (κ2) is 4.87. The predicted octanol–water partition coefficient (Wildman–Crippen LogP) is 0.830. The quantitative estimate of drug-likeness (QED) is 0.777. The summed E-state index contributed by atoms with van der Waals surface area (Å²) in [6, 6.07) is 0. The highest BCUT2D eigenvalue weighted by Crippen LogP contribution is 2.20. The van der Waals surface area contributed by atoms with Crippen molar-refractivity contribution in [3.63, 3.8) is 0 Å². The van der Waals surface area contributed by atoms with Crippen molar-refractivity contribution in [1.29, 1.82) is 0 Å². The van der Waals surface area contributed by atoms with Crippen LogP contribution in [0.25, 0.3) is 0 Å². The topological polar surface area (TPSA) is 45.2 Å². The van der Waals surface area contributed by atoms with Crippen LogP contribution in [-0.4, -0.2) is 29.8 Å². The molecular weight excluding hydrogens is 196 g/mol. The minimum atomic E-state index is 0.229. The summed E-state index contributed by atoms with van der Waals surface area (Å²) < 4.78 is 0. The maximum atomic E-state index is 8.78. The van der Waals surface area contributed by atoms with Crippen molar-refractivity contribution in [2.75, 3.05) is 19.7 Å². The molecule has 0 aliphatic carbocycles. The standard InChI is InChI=1S/C10H16N2OS/c13-4-2-9-7-12-10(14-9)5-8-1-3-11-6-8/h7-8,11,13H,1-6H2. The second-order valence-corrected chi connectivity index (χ2v) is 4.96. The first kappa shape index (κ1) is 10.1. The van der Waals surface area contributed by atoms with E-state index in [0.717, 1.165) is 31.8 Å². The molecule has 1 aliphatic heterocycles. The molecule has 0 aromatic carbocycles. The van der Waals surface area contributed by atoms with Crippen molar-refractivity contribution in [3.05, 3.63) is 16.1 Å². The Labute approximate surface area is 88.2 Å². The zero-order valence-electron chi connectivity index (χ0n) is 8.20. The average Bonchev–Trinajstić information content (AvgIpc) is 2.79. The average molecular weight is 212 g/mol. The van der Waals surface area contributed by atoms with Gasteiger partial charge in [-0.3, -0.25) is 0 Å². The number of nitrogens with one attached hydrogen (secondary N) is 1. The second-order valence-electron chi connectivity index (χ2n) is 3.76. The van der Waals surface area contributed by atoms with Gasteiger partial charge in [-0.2, -0.15) is 0 Å². The number of rotatable bonds is 4. The third-order valence-corrected chi connectivity index (χ3v) is 3.66. The fourth-order valence-electron chi connectivity index (χ4n) is 1.80. The number of hydrogen-bond donors (Lipinski definition) is 2. The molecule has 1 saturated heterocycles. The van der Waals surface area contributed by atoms with Crippen LogP contribution in [0.1, 0.15) is 16.3 Å². The molecule has 2 rings (SSSR count). The van der Waals surface area contributed by atoms with Crippen molar-refractivity contribution in [2.45, 2.75) is 19.3 Å². The molecule has 1 aromatic heterocycles. The van der Waals surface area contributed by atoms with Crippen LogP contribution >= 0.6 is 11.3 Å². The molecule has 4 heteroatoms. The molecule has 0 saturated carbocycles. The van der Waals surface area contributed by atoms with Crippen molar-refractivity contribution in [3.8, 4) is 0 Å². The molecule has 1 aromatic rings. The fourth-order valence-corrected chi connectivity index (χ4v) is 2.83. The summed E-state index contributed by atoms with van der Waals surface area (Å²) in [5.74, 6) is 0.767. The largest absolute Gasteiger partial charge is 0.396 e. The Balaban J connectivity index is 1.88. The normalized spacial score (nSPS) is 21.6. The number of nitrogens with zero attached hydrogens (tertiary/aromatic N) is 1. The Morgan fingerprint density at radius 3 is 3.29 bits per heavy atom.